The van der Waals surface area contributed by atoms with Gasteiger partial charge >= 0.3 is 5.97 Å². The van der Waals surface area contributed by atoms with E-state index in [1.54, 1.807) is 25.1 Å². The van der Waals surface area contributed by atoms with Gasteiger partial charge in [0, 0.05) is 10.4 Å². The van der Waals surface area contributed by atoms with Crippen LogP contribution in [0.25, 0.3) is 10.9 Å². The molecule has 3 rings (SSSR count). The van der Waals surface area contributed by atoms with E-state index in [0.717, 1.165) is 3.97 Å². The molecule has 3 aromatic rings. The number of carbonyl (C=O) groups is 1. The van der Waals surface area contributed by atoms with E-state index in [-0.39, 0.29) is 28.0 Å². The van der Waals surface area contributed by atoms with Gasteiger partial charge < -0.3 is 9.30 Å². The first kappa shape index (κ1) is 19.7. The van der Waals surface area contributed by atoms with Crippen LogP contribution in [0, 0.1) is 0 Å². The number of esters is 1. The summed E-state index contributed by atoms with van der Waals surface area (Å²) < 4.78 is 45.1. The number of carbonyl (C=O) groups excluding carboxylic acids is 1. The smallest absolute Gasteiger partial charge is 0.356 e. The summed E-state index contributed by atoms with van der Waals surface area (Å²) in [6.45, 7) is 3.11. The fourth-order valence-electron chi connectivity index (χ4n) is 2.92. The van der Waals surface area contributed by atoms with Gasteiger partial charge in [0.15, 0.2) is 5.69 Å². The number of ether oxygens (including phenoxy) is 1. The molecule has 0 bridgehead atoms. The number of hydrogen-bond donors (Lipinski definition) is 0. The number of nitrogens with zero attached hydrogens (tertiary/aromatic N) is 1. The molecule has 0 aliphatic rings. The SMILES string of the molecule is CCOC(=O)c1c([PH](C)=O)c2cc(Cl)ccc2n1S(=O)(=O)c1ccccc1. The Bertz CT molecular complexity index is 1160. The van der Waals surface area contributed by atoms with Crippen molar-refractivity contribution in [2.75, 3.05) is 13.3 Å². The van der Waals surface area contributed by atoms with Crippen molar-refractivity contribution in [1.82, 2.24) is 3.97 Å². The molecule has 0 aliphatic carbocycles. The van der Waals surface area contributed by atoms with Crippen molar-refractivity contribution >= 4 is 51.6 Å². The van der Waals surface area contributed by atoms with E-state index in [1.807, 2.05) is 0 Å². The van der Waals surface area contributed by atoms with Gasteiger partial charge in [-0.2, -0.15) is 0 Å². The Morgan fingerprint density at radius 2 is 1.85 bits per heavy atom. The van der Waals surface area contributed by atoms with Crippen molar-refractivity contribution in [2.24, 2.45) is 0 Å². The molecule has 9 heteroatoms. The molecule has 6 nitrogen and oxygen atoms in total. The van der Waals surface area contributed by atoms with Crippen LogP contribution in [0.1, 0.15) is 17.4 Å². The van der Waals surface area contributed by atoms with Crippen LogP contribution in [0.3, 0.4) is 0 Å². The Morgan fingerprint density at radius 3 is 2.44 bits per heavy atom. The molecular weight excluding hydrogens is 409 g/mol. The van der Waals surface area contributed by atoms with Gasteiger partial charge in [0.1, 0.15) is 7.80 Å². The number of fused-ring (bicyclic) bond motifs is 1. The lowest BCUT2D eigenvalue weighted by Crippen LogP contribution is -2.23. The van der Waals surface area contributed by atoms with Crippen LogP contribution in [0.15, 0.2) is 53.4 Å². The first-order valence-corrected chi connectivity index (χ1v) is 11.8. The minimum atomic E-state index is -4.13. The van der Waals surface area contributed by atoms with E-state index in [1.165, 1.54) is 37.0 Å². The zero-order valence-electron chi connectivity index (χ0n) is 14.6. The van der Waals surface area contributed by atoms with Crippen LogP contribution < -0.4 is 5.30 Å². The summed E-state index contributed by atoms with van der Waals surface area (Å²) in [6, 6.07) is 12.3. The standard InChI is InChI=1S/C18H17ClNO5PS/c1-3-25-18(21)16-17(26(2)22)14-11-12(19)9-10-15(14)20(16)27(23,24)13-7-5-4-6-8-13/h4-11,26H,3H2,1-2H3. The third-order valence-corrected chi connectivity index (χ3v) is 7.16. The van der Waals surface area contributed by atoms with E-state index in [0.29, 0.717) is 10.4 Å². The molecule has 1 heterocycles. The van der Waals surface area contributed by atoms with Crippen LogP contribution in [0.4, 0.5) is 0 Å². The van der Waals surface area contributed by atoms with E-state index < -0.39 is 23.8 Å². The zero-order chi connectivity index (χ0) is 19.8. The Labute approximate surface area is 162 Å². The summed E-state index contributed by atoms with van der Waals surface area (Å²) in [5.74, 6) is -0.848. The third-order valence-electron chi connectivity index (χ3n) is 3.99. The maximum absolute atomic E-state index is 13.3. The predicted octanol–water partition coefficient (Wildman–Crippen LogP) is 3.52. The second-order valence-corrected chi connectivity index (χ2v) is 9.58. The highest BCUT2D eigenvalue weighted by Crippen LogP contribution is 2.33. The number of halogens is 1. The molecular formula is C18H17ClNO5PS. The summed E-state index contributed by atoms with van der Waals surface area (Å²) in [5.41, 5.74) is -0.0223. The van der Waals surface area contributed by atoms with Gasteiger partial charge in [-0.15, -0.1) is 0 Å². The number of benzene rings is 2. The molecule has 1 unspecified atom stereocenters. The monoisotopic (exact) mass is 425 g/mol. The first-order valence-electron chi connectivity index (χ1n) is 8.11. The lowest BCUT2D eigenvalue weighted by Gasteiger charge is -2.12. The highest BCUT2D eigenvalue weighted by Gasteiger charge is 2.32. The molecule has 0 radical (unpaired) electrons. The molecule has 0 N–H and O–H groups in total. The predicted molar refractivity (Wildman–Crippen MR) is 106 cm³/mol. The summed E-state index contributed by atoms with van der Waals surface area (Å²) in [7, 11) is -6.60. The van der Waals surface area contributed by atoms with Crippen LogP contribution in [-0.4, -0.2) is 31.6 Å². The average molecular weight is 426 g/mol. The maximum atomic E-state index is 13.3. The second-order valence-electron chi connectivity index (χ2n) is 5.74. The van der Waals surface area contributed by atoms with Gasteiger partial charge in [-0.05, 0) is 43.9 Å². The Kier molecular flexibility index (Phi) is 5.47. The van der Waals surface area contributed by atoms with Crippen LogP contribution in [0.5, 0.6) is 0 Å². The largest absolute Gasteiger partial charge is 0.461 e. The van der Waals surface area contributed by atoms with E-state index in [9.17, 15) is 17.8 Å². The molecule has 0 spiro atoms. The zero-order valence-corrected chi connectivity index (χ0v) is 17.2. The second kappa shape index (κ2) is 7.50. The Hall–Kier alpha value is -2.08. The van der Waals surface area contributed by atoms with Gasteiger partial charge in [0.25, 0.3) is 10.0 Å². The van der Waals surface area contributed by atoms with Gasteiger partial charge in [0.05, 0.1) is 22.3 Å². The lowest BCUT2D eigenvalue weighted by atomic mass is 10.2. The molecule has 0 fully saturated rings. The fraction of sp³-hybridized carbons (Fsp3) is 0.167. The van der Waals surface area contributed by atoms with E-state index in [4.69, 9.17) is 16.3 Å². The summed E-state index contributed by atoms with van der Waals surface area (Å²) >= 11 is 6.06. The minimum absolute atomic E-state index is 0.00437. The number of aromatic nitrogens is 1. The molecule has 2 aromatic carbocycles. The molecule has 0 saturated carbocycles. The lowest BCUT2D eigenvalue weighted by molar-refractivity contribution is 0.0520. The first-order chi connectivity index (χ1) is 12.8. The summed E-state index contributed by atoms with van der Waals surface area (Å²) in [6.07, 6.45) is 0. The molecule has 0 amide bonds. The molecule has 1 atom stereocenters. The molecule has 1 aromatic heterocycles. The van der Waals surface area contributed by atoms with Crippen molar-refractivity contribution in [2.45, 2.75) is 11.8 Å². The van der Waals surface area contributed by atoms with Gasteiger partial charge in [-0.25, -0.2) is 17.2 Å². The van der Waals surface area contributed by atoms with E-state index in [2.05, 4.69) is 0 Å². The number of rotatable bonds is 5. The van der Waals surface area contributed by atoms with Gasteiger partial charge in [0.2, 0.25) is 0 Å². The minimum Gasteiger partial charge on any atom is -0.461 e. The van der Waals surface area contributed by atoms with Crippen molar-refractivity contribution in [1.29, 1.82) is 0 Å². The van der Waals surface area contributed by atoms with Crippen molar-refractivity contribution < 1.29 is 22.5 Å². The van der Waals surface area contributed by atoms with Gasteiger partial charge in [-0.1, -0.05) is 29.8 Å². The molecule has 27 heavy (non-hydrogen) atoms. The average Bonchev–Trinajstić information content (AvgIpc) is 2.98. The fourth-order valence-corrected chi connectivity index (χ4v) is 5.84. The summed E-state index contributed by atoms with van der Waals surface area (Å²) in [5, 5.41) is 0.851. The third kappa shape index (κ3) is 3.43. The molecule has 142 valence electrons. The highest BCUT2D eigenvalue weighted by atomic mass is 35.5. The Balaban J connectivity index is 2.49. The highest BCUT2D eigenvalue weighted by molar-refractivity contribution is 7.90. The summed E-state index contributed by atoms with van der Waals surface area (Å²) in [4.78, 5) is 12.7. The van der Waals surface area contributed by atoms with Crippen molar-refractivity contribution in [3.63, 3.8) is 0 Å². The van der Waals surface area contributed by atoms with Crippen LogP contribution >= 0.6 is 19.4 Å². The van der Waals surface area contributed by atoms with Crippen LogP contribution in [-0.2, 0) is 19.3 Å². The maximum Gasteiger partial charge on any atom is 0.356 e. The van der Waals surface area contributed by atoms with Crippen LogP contribution in [0.2, 0.25) is 5.02 Å². The van der Waals surface area contributed by atoms with Crippen molar-refractivity contribution in [3.8, 4) is 0 Å². The quantitative estimate of drug-likeness (QED) is 0.461. The van der Waals surface area contributed by atoms with Crippen molar-refractivity contribution in [3.05, 3.63) is 59.2 Å². The number of hydrogen-bond acceptors (Lipinski definition) is 5. The molecule has 0 saturated heterocycles. The molecule has 0 aliphatic heterocycles. The normalized spacial score (nSPS) is 12.9. The Morgan fingerprint density at radius 1 is 1.19 bits per heavy atom. The van der Waals surface area contributed by atoms with Gasteiger partial charge in [-0.3, -0.25) is 0 Å². The topological polar surface area (TPSA) is 82.4 Å². The van der Waals surface area contributed by atoms with E-state index >= 15 is 0 Å².